The van der Waals surface area contributed by atoms with Crippen molar-refractivity contribution in [2.24, 2.45) is 0 Å². The first-order valence-corrected chi connectivity index (χ1v) is 5.09. The van der Waals surface area contributed by atoms with E-state index in [0.29, 0.717) is 18.0 Å². The van der Waals surface area contributed by atoms with Crippen molar-refractivity contribution in [3.63, 3.8) is 0 Å². The maximum Gasteiger partial charge on any atom is 0.121 e. The molecule has 0 fully saturated rings. The largest absolute Gasteiger partial charge is 0.497 e. The summed E-state index contributed by atoms with van der Waals surface area (Å²) in [5.41, 5.74) is 7.26. The Morgan fingerprint density at radius 1 is 1.24 bits per heavy atom. The van der Waals surface area contributed by atoms with E-state index in [0.717, 1.165) is 5.56 Å². The quantitative estimate of drug-likeness (QED) is 0.605. The van der Waals surface area contributed by atoms with Gasteiger partial charge in [0.1, 0.15) is 5.75 Å². The predicted molar refractivity (Wildman–Crippen MR) is 63.9 cm³/mol. The molecule has 0 aliphatic rings. The van der Waals surface area contributed by atoms with Gasteiger partial charge in [-0.1, -0.05) is 0 Å². The Morgan fingerprint density at radius 3 is 2.41 bits per heavy atom. The molecule has 5 nitrogen and oxygen atoms in total. The maximum absolute atomic E-state index is 8.65. The summed E-state index contributed by atoms with van der Waals surface area (Å²) in [6, 6.07) is 9.44. The number of hydrogen-bond donors (Lipinski definition) is 1. The number of methoxy groups -OCH3 is 1. The van der Waals surface area contributed by atoms with Gasteiger partial charge >= 0.3 is 0 Å². The van der Waals surface area contributed by atoms with E-state index in [9.17, 15) is 0 Å². The fraction of sp³-hybridized carbons (Fsp3) is 0.333. The van der Waals surface area contributed by atoms with E-state index in [1.54, 1.807) is 18.1 Å². The molecule has 0 unspecified atom stereocenters. The third-order valence-electron chi connectivity index (χ3n) is 2.22. The van der Waals surface area contributed by atoms with Crippen LogP contribution in [0.15, 0.2) is 18.2 Å². The number of hydrogen-bond acceptors (Lipinski definition) is 5. The molecular formula is C12H14N4O. The number of nitriles is 2. The molecule has 0 aliphatic heterocycles. The normalized spacial score (nSPS) is 9.65. The van der Waals surface area contributed by atoms with Gasteiger partial charge in [-0.25, -0.2) is 0 Å². The number of nitrogens with two attached hydrogens (primary N) is 1. The minimum atomic E-state index is 0.213. The van der Waals surface area contributed by atoms with Crippen molar-refractivity contribution < 1.29 is 4.74 Å². The van der Waals surface area contributed by atoms with Gasteiger partial charge in [0.2, 0.25) is 0 Å². The minimum Gasteiger partial charge on any atom is -0.497 e. The number of rotatable bonds is 5. The van der Waals surface area contributed by atoms with Gasteiger partial charge in [0.25, 0.3) is 0 Å². The molecule has 0 saturated carbocycles. The summed E-state index contributed by atoms with van der Waals surface area (Å²) in [6.45, 7) is 0.928. The van der Waals surface area contributed by atoms with Crippen molar-refractivity contribution in [2.45, 2.75) is 6.54 Å². The van der Waals surface area contributed by atoms with E-state index in [4.69, 9.17) is 21.0 Å². The van der Waals surface area contributed by atoms with Crippen LogP contribution in [0.5, 0.6) is 5.75 Å². The molecule has 0 amide bonds. The van der Waals surface area contributed by atoms with Gasteiger partial charge in [0.05, 0.1) is 32.3 Å². The molecule has 88 valence electrons. The third-order valence-corrected chi connectivity index (χ3v) is 2.22. The van der Waals surface area contributed by atoms with E-state index in [1.807, 2.05) is 24.3 Å². The number of benzene rings is 1. The average molecular weight is 230 g/mol. The van der Waals surface area contributed by atoms with Gasteiger partial charge in [-0.3, -0.25) is 4.90 Å². The summed E-state index contributed by atoms with van der Waals surface area (Å²) in [7, 11) is 1.57. The number of nitrogen functional groups attached to an aromatic ring is 1. The molecule has 1 aromatic rings. The molecule has 0 aliphatic carbocycles. The predicted octanol–water partition coefficient (Wildman–Crippen LogP) is 1.13. The lowest BCUT2D eigenvalue weighted by atomic mass is 10.1. The van der Waals surface area contributed by atoms with Crippen LogP contribution in [0.1, 0.15) is 5.56 Å². The topological polar surface area (TPSA) is 86.1 Å². The Morgan fingerprint density at radius 2 is 1.88 bits per heavy atom. The van der Waals surface area contributed by atoms with E-state index >= 15 is 0 Å². The molecule has 0 bridgehead atoms. The van der Waals surface area contributed by atoms with Gasteiger partial charge in [-0.15, -0.1) is 0 Å². The van der Waals surface area contributed by atoms with Crippen LogP contribution in [-0.2, 0) is 6.54 Å². The minimum absolute atomic E-state index is 0.213. The van der Waals surface area contributed by atoms with Crippen molar-refractivity contribution in [2.75, 3.05) is 25.9 Å². The SMILES string of the molecule is COc1cc(N)cc(CN(CC#N)CC#N)c1. The molecular weight excluding hydrogens is 216 g/mol. The highest BCUT2D eigenvalue weighted by molar-refractivity contribution is 5.47. The summed E-state index contributed by atoms with van der Waals surface area (Å²) in [4.78, 5) is 1.73. The fourth-order valence-corrected chi connectivity index (χ4v) is 1.52. The van der Waals surface area contributed by atoms with Crippen LogP contribution >= 0.6 is 0 Å². The standard InChI is InChI=1S/C12H14N4O/c1-17-12-7-10(6-11(15)8-12)9-16(4-2-13)5-3-14/h6-8H,4-5,9,15H2,1H3. The van der Waals surface area contributed by atoms with Crippen LogP contribution in [0.2, 0.25) is 0 Å². The zero-order chi connectivity index (χ0) is 12.7. The Balaban J connectivity index is 2.82. The lowest BCUT2D eigenvalue weighted by molar-refractivity contribution is 0.333. The number of nitrogens with zero attached hydrogens (tertiary/aromatic N) is 3. The fourth-order valence-electron chi connectivity index (χ4n) is 1.52. The van der Waals surface area contributed by atoms with Crippen LogP contribution in [0.3, 0.4) is 0 Å². The molecule has 17 heavy (non-hydrogen) atoms. The summed E-state index contributed by atoms with van der Waals surface area (Å²) < 4.78 is 5.11. The molecule has 1 rings (SSSR count). The monoisotopic (exact) mass is 230 g/mol. The molecule has 0 radical (unpaired) electrons. The van der Waals surface area contributed by atoms with Gasteiger partial charge in [0.15, 0.2) is 0 Å². The van der Waals surface area contributed by atoms with Crippen LogP contribution in [-0.4, -0.2) is 25.1 Å². The molecule has 0 spiro atoms. The average Bonchev–Trinajstić information content (AvgIpc) is 2.29. The Labute approximate surface area is 101 Å². The van der Waals surface area contributed by atoms with Gasteiger partial charge < -0.3 is 10.5 Å². The van der Waals surface area contributed by atoms with Crippen LogP contribution in [0.25, 0.3) is 0 Å². The Bertz CT molecular complexity index is 443. The lowest BCUT2D eigenvalue weighted by Crippen LogP contribution is -2.23. The van der Waals surface area contributed by atoms with Crippen LogP contribution < -0.4 is 10.5 Å². The van der Waals surface area contributed by atoms with Crippen molar-refractivity contribution >= 4 is 5.69 Å². The molecule has 5 heteroatoms. The van der Waals surface area contributed by atoms with E-state index in [1.165, 1.54) is 0 Å². The molecule has 2 N–H and O–H groups in total. The Hall–Kier alpha value is -2.24. The highest BCUT2D eigenvalue weighted by Crippen LogP contribution is 2.19. The first-order chi connectivity index (χ1) is 8.19. The second kappa shape index (κ2) is 6.37. The van der Waals surface area contributed by atoms with Crippen LogP contribution in [0, 0.1) is 22.7 Å². The van der Waals surface area contributed by atoms with E-state index in [2.05, 4.69) is 0 Å². The summed E-state index contributed by atoms with van der Waals surface area (Å²) in [5, 5.41) is 17.3. The van der Waals surface area contributed by atoms with Crippen LogP contribution in [0.4, 0.5) is 5.69 Å². The Kier molecular flexibility index (Phi) is 4.80. The van der Waals surface area contributed by atoms with E-state index in [-0.39, 0.29) is 13.1 Å². The lowest BCUT2D eigenvalue weighted by Gasteiger charge is -2.16. The first-order valence-electron chi connectivity index (χ1n) is 5.09. The van der Waals surface area contributed by atoms with Crippen molar-refractivity contribution in [1.82, 2.24) is 4.90 Å². The maximum atomic E-state index is 8.65. The van der Waals surface area contributed by atoms with E-state index < -0.39 is 0 Å². The second-order valence-electron chi connectivity index (χ2n) is 3.58. The number of anilines is 1. The third kappa shape index (κ3) is 4.02. The molecule has 0 atom stereocenters. The molecule has 1 aromatic carbocycles. The first kappa shape index (κ1) is 12.8. The smallest absolute Gasteiger partial charge is 0.121 e. The number of ether oxygens (including phenoxy) is 1. The van der Waals surface area contributed by atoms with Gasteiger partial charge in [-0.2, -0.15) is 10.5 Å². The summed E-state index contributed by atoms with van der Waals surface area (Å²) in [5.74, 6) is 0.675. The summed E-state index contributed by atoms with van der Waals surface area (Å²) >= 11 is 0. The zero-order valence-corrected chi connectivity index (χ0v) is 9.68. The molecule has 0 saturated heterocycles. The molecule has 0 heterocycles. The van der Waals surface area contributed by atoms with Gasteiger partial charge in [-0.05, 0) is 17.7 Å². The summed E-state index contributed by atoms with van der Waals surface area (Å²) in [6.07, 6.45) is 0. The molecule has 0 aromatic heterocycles. The highest BCUT2D eigenvalue weighted by Gasteiger charge is 2.06. The second-order valence-corrected chi connectivity index (χ2v) is 3.58. The zero-order valence-electron chi connectivity index (χ0n) is 9.68. The van der Waals surface area contributed by atoms with Crippen molar-refractivity contribution in [3.8, 4) is 17.9 Å². The highest BCUT2D eigenvalue weighted by atomic mass is 16.5. The van der Waals surface area contributed by atoms with Crippen molar-refractivity contribution in [1.29, 1.82) is 10.5 Å². The van der Waals surface area contributed by atoms with Gasteiger partial charge in [0, 0.05) is 18.3 Å². The van der Waals surface area contributed by atoms with Crippen molar-refractivity contribution in [3.05, 3.63) is 23.8 Å².